The highest BCUT2D eigenvalue weighted by Gasteiger charge is 2.67. The molecule has 2 unspecified atom stereocenters. The Hall–Kier alpha value is -4.52. The van der Waals surface area contributed by atoms with Crippen LogP contribution in [0.4, 0.5) is 10.5 Å². The van der Waals surface area contributed by atoms with Crippen LogP contribution in [0, 0.1) is 16.0 Å². The first kappa shape index (κ1) is 27.5. The molecule has 0 radical (unpaired) electrons. The van der Waals surface area contributed by atoms with Crippen LogP contribution in [-0.2, 0) is 48.2 Å². The van der Waals surface area contributed by atoms with Gasteiger partial charge in [0, 0.05) is 12.1 Å². The van der Waals surface area contributed by atoms with Crippen LogP contribution in [0.5, 0.6) is 0 Å². The molecule has 1 amide bonds. The number of nitro groups is 1. The van der Waals surface area contributed by atoms with Crippen molar-refractivity contribution >= 4 is 39.9 Å². The maximum absolute atomic E-state index is 13.1. The van der Waals surface area contributed by atoms with Crippen LogP contribution in [0.1, 0.15) is 25.0 Å². The van der Waals surface area contributed by atoms with E-state index in [9.17, 15) is 34.6 Å². The van der Waals surface area contributed by atoms with E-state index < -0.39 is 51.5 Å². The van der Waals surface area contributed by atoms with Crippen LogP contribution in [0.3, 0.4) is 0 Å². The monoisotopic (exact) mass is 554 g/mol. The number of nitrogens with zero attached hydrogens (tertiary/aromatic N) is 4. The van der Waals surface area contributed by atoms with Crippen molar-refractivity contribution in [2.24, 2.45) is 5.92 Å². The topological polar surface area (TPSA) is 185 Å². The molecule has 0 aliphatic carbocycles. The predicted octanol–water partition coefficient (Wildman–Crippen LogP) is 2.83. The normalized spacial score (nSPS) is 20.8. The lowest BCUT2D eigenvalue weighted by molar-refractivity contribution is -0.384. The lowest BCUT2D eigenvalue weighted by Gasteiger charge is -2.48. The fourth-order valence-electron chi connectivity index (χ4n) is 4.21. The van der Waals surface area contributed by atoms with Gasteiger partial charge in [0.15, 0.2) is 0 Å². The Bertz CT molecular complexity index is 1390. The predicted molar refractivity (Wildman–Crippen MR) is 134 cm³/mol. The lowest BCUT2D eigenvalue weighted by atomic mass is 9.91. The van der Waals surface area contributed by atoms with Crippen molar-refractivity contribution < 1.29 is 42.9 Å². The summed E-state index contributed by atoms with van der Waals surface area (Å²) < 4.78 is 28.7. The van der Waals surface area contributed by atoms with Crippen molar-refractivity contribution in [3.63, 3.8) is 0 Å². The Kier molecular flexibility index (Phi) is 8.10. The zero-order valence-electron chi connectivity index (χ0n) is 20.7. The lowest BCUT2D eigenvalue weighted by Crippen LogP contribution is -2.70. The summed E-state index contributed by atoms with van der Waals surface area (Å²) in [5.41, 5.74) is 10.4. The molecule has 1 fully saturated rings. The number of esters is 1. The molecule has 39 heavy (non-hydrogen) atoms. The van der Waals surface area contributed by atoms with Crippen LogP contribution >= 0.6 is 0 Å². The fraction of sp³-hybridized carbons (Fsp3) is 0.280. The molecule has 2 aliphatic heterocycles. The summed E-state index contributed by atoms with van der Waals surface area (Å²) in [6, 6.07) is 14.2. The first-order valence-electron chi connectivity index (χ1n) is 11.6. The number of benzene rings is 2. The van der Waals surface area contributed by atoms with E-state index in [0.29, 0.717) is 11.1 Å². The average molecular weight is 555 g/mol. The SMILES string of the molecule is CC1=C(C(=O)OCc2ccccc2)N2C(=O)[C@H](C(C)OC(=O)OCc3ccc([N+](=O)[O-])cc3)[C@H]2[S+]([O-])C1=[N+]=[N-]. The molecule has 0 spiro atoms. The minimum absolute atomic E-state index is 0.0213. The molecule has 202 valence electrons. The smallest absolute Gasteiger partial charge is 0.508 e. The van der Waals surface area contributed by atoms with Crippen LogP contribution in [0.25, 0.3) is 5.53 Å². The molecule has 2 aromatic carbocycles. The van der Waals surface area contributed by atoms with Gasteiger partial charge in [0.2, 0.25) is 11.3 Å². The number of nitro benzene ring substituents is 1. The molecule has 4 atom stereocenters. The van der Waals surface area contributed by atoms with Gasteiger partial charge in [0.05, 0.1) is 16.1 Å². The van der Waals surface area contributed by atoms with E-state index in [0.717, 1.165) is 4.90 Å². The standard InChI is InChI=1S/C25H22N4O9S/c1-14-20(24(31)36-12-16-6-4-3-5-7-16)28-22(30)19(23(28)39(35)21(14)27-26)15(2)38-25(32)37-13-17-8-10-18(11-9-17)29(33)34/h3-11,15,19,23H,12-13H2,1-2H3/t15?,19-,23+,39?/m0/s1. The molecule has 0 aromatic heterocycles. The Morgan fingerprint density at radius 1 is 1.10 bits per heavy atom. The van der Waals surface area contributed by atoms with Gasteiger partial charge < -0.3 is 24.3 Å². The average Bonchev–Trinajstić information content (AvgIpc) is 2.92. The van der Waals surface area contributed by atoms with Gasteiger partial charge in [-0.05, 0) is 37.1 Å². The number of hydrogen-bond acceptors (Lipinski definition) is 9. The van der Waals surface area contributed by atoms with Crippen LogP contribution in [0.15, 0.2) is 65.9 Å². The van der Waals surface area contributed by atoms with E-state index >= 15 is 0 Å². The molecular formula is C25H22N4O9S. The molecule has 14 heteroatoms. The molecule has 2 aliphatic rings. The van der Waals surface area contributed by atoms with Gasteiger partial charge in [-0.15, -0.1) is 4.79 Å². The molecular weight excluding hydrogens is 532 g/mol. The Labute approximate surface area is 224 Å². The van der Waals surface area contributed by atoms with Crippen molar-refractivity contribution in [3.8, 4) is 0 Å². The number of carbonyl (C=O) groups excluding carboxylic acids is 3. The summed E-state index contributed by atoms with van der Waals surface area (Å²) in [4.78, 5) is 52.6. The van der Waals surface area contributed by atoms with Gasteiger partial charge >= 0.3 is 17.2 Å². The van der Waals surface area contributed by atoms with E-state index in [1.165, 1.54) is 38.1 Å². The summed E-state index contributed by atoms with van der Waals surface area (Å²) in [5, 5.41) is 9.30. The second-order valence-corrected chi connectivity index (χ2v) is 10.1. The van der Waals surface area contributed by atoms with Gasteiger partial charge in [0.1, 0.15) is 36.5 Å². The zero-order chi connectivity index (χ0) is 28.3. The first-order valence-corrected chi connectivity index (χ1v) is 12.8. The molecule has 2 heterocycles. The second kappa shape index (κ2) is 11.5. The molecule has 13 nitrogen and oxygen atoms in total. The van der Waals surface area contributed by atoms with Gasteiger partial charge in [-0.3, -0.25) is 19.8 Å². The van der Waals surface area contributed by atoms with E-state index in [1.807, 2.05) is 0 Å². The number of hydrogen-bond donors (Lipinski definition) is 0. The molecule has 1 saturated heterocycles. The van der Waals surface area contributed by atoms with Crippen molar-refractivity contribution in [1.29, 1.82) is 0 Å². The van der Waals surface area contributed by atoms with Gasteiger partial charge in [-0.2, -0.15) is 0 Å². The Balaban J connectivity index is 1.43. The number of amides is 1. The Morgan fingerprint density at radius 3 is 2.33 bits per heavy atom. The van der Waals surface area contributed by atoms with Crippen molar-refractivity contribution in [2.75, 3.05) is 0 Å². The van der Waals surface area contributed by atoms with E-state index in [2.05, 4.69) is 4.79 Å². The highest BCUT2D eigenvalue weighted by molar-refractivity contribution is 8.07. The number of β-lactam (4-membered cyclic amide) rings is 1. The number of ether oxygens (including phenoxy) is 3. The van der Waals surface area contributed by atoms with Crippen LogP contribution in [0.2, 0.25) is 0 Å². The van der Waals surface area contributed by atoms with Crippen molar-refractivity contribution in [2.45, 2.75) is 38.5 Å². The summed E-state index contributed by atoms with van der Waals surface area (Å²) in [5.74, 6) is -2.63. The van der Waals surface area contributed by atoms with Gasteiger partial charge in [-0.25, -0.2) is 9.59 Å². The minimum Gasteiger partial charge on any atom is -0.604 e. The fourth-order valence-corrected chi connectivity index (χ4v) is 5.92. The number of non-ortho nitro benzene ring substituents is 1. The zero-order valence-corrected chi connectivity index (χ0v) is 21.5. The Morgan fingerprint density at radius 2 is 1.72 bits per heavy atom. The van der Waals surface area contributed by atoms with E-state index in [4.69, 9.17) is 14.2 Å². The maximum atomic E-state index is 13.1. The number of rotatable bonds is 8. The largest absolute Gasteiger partial charge is 0.604 e. The van der Waals surface area contributed by atoms with Crippen LogP contribution in [-0.4, -0.2) is 53.7 Å². The third-order valence-electron chi connectivity index (χ3n) is 6.20. The molecule has 0 saturated carbocycles. The molecule has 0 N–H and O–H groups in total. The summed E-state index contributed by atoms with van der Waals surface area (Å²) >= 11 is -2.05. The van der Waals surface area contributed by atoms with E-state index in [1.54, 1.807) is 30.3 Å². The number of fused-ring (bicyclic) bond motifs is 1. The van der Waals surface area contributed by atoms with Gasteiger partial charge in [-0.1, -0.05) is 30.3 Å². The van der Waals surface area contributed by atoms with Gasteiger partial charge in [0.25, 0.3) is 5.69 Å². The summed E-state index contributed by atoms with van der Waals surface area (Å²) in [6.45, 7) is 2.46. The van der Waals surface area contributed by atoms with Crippen molar-refractivity contribution in [1.82, 2.24) is 4.90 Å². The maximum Gasteiger partial charge on any atom is 0.508 e. The minimum atomic E-state index is -2.05. The highest BCUT2D eigenvalue weighted by Crippen LogP contribution is 2.43. The third kappa shape index (κ3) is 5.53. The first-order chi connectivity index (χ1) is 18.6. The molecule has 2 aromatic rings. The number of carbonyl (C=O) groups is 3. The highest BCUT2D eigenvalue weighted by atomic mass is 32.2. The van der Waals surface area contributed by atoms with E-state index in [-0.39, 0.29) is 35.2 Å². The summed E-state index contributed by atoms with van der Waals surface area (Å²) in [7, 11) is 0. The van der Waals surface area contributed by atoms with Crippen molar-refractivity contribution in [3.05, 3.63) is 92.6 Å². The molecule has 4 rings (SSSR count). The summed E-state index contributed by atoms with van der Waals surface area (Å²) in [6.07, 6.45) is -2.24. The second-order valence-electron chi connectivity index (χ2n) is 8.65. The molecule has 0 bridgehead atoms. The quantitative estimate of drug-likeness (QED) is 0.0900. The van der Waals surface area contributed by atoms with Crippen LogP contribution < -0.4 is 0 Å². The third-order valence-corrected chi connectivity index (χ3v) is 7.91.